The van der Waals surface area contributed by atoms with Crippen LogP contribution in [-0.4, -0.2) is 24.3 Å². The summed E-state index contributed by atoms with van der Waals surface area (Å²) in [5.74, 6) is 0.813. The maximum atomic E-state index is 11.9. The SMILES string of the molecule is CC=CCS(=O)(=O)C(C)c1nc(C(C)C)no1. The number of sulfone groups is 1. The molecule has 1 unspecified atom stereocenters. The molecule has 1 aromatic heterocycles. The highest BCUT2D eigenvalue weighted by Gasteiger charge is 2.27. The molecule has 0 N–H and O–H groups in total. The molecule has 17 heavy (non-hydrogen) atoms. The third-order valence-corrected chi connectivity index (χ3v) is 4.36. The van der Waals surface area contributed by atoms with Crippen molar-refractivity contribution >= 4 is 9.84 Å². The molecule has 0 radical (unpaired) electrons. The summed E-state index contributed by atoms with van der Waals surface area (Å²) in [6.45, 7) is 7.20. The molecule has 5 nitrogen and oxygen atoms in total. The number of rotatable bonds is 5. The zero-order valence-electron chi connectivity index (χ0n) is 10.5. The minimum absolute atomic E-state index is 0.00986. The first-order valence-electron chi connectivity index (χ1n) is 5.54. The highest BCUT2D eigenvalue weighted by Crippen LogP contribution is 2.22. The van der Waals surface area contributed by atoms with Crippen LogP contribution in [0.5, 0.6) is 0 Å². The van der Waals surface area contributed by atoms with E-state index in [0.29, 0.717) is 5.82 Å². The lowest BCUT2D eigenvalue weighted by molar-refractivity contribution is 0.369. The first-order chi connectivity index (χ1) is 7.88. The zero-order chi connectivity index (χ0) is 13.1. The second kappa shape index (κ2) is 5.44. The van der Waals surface area contributed by atoms with E-state index in [1.165, 1.54) is 0 Å². The van der Waals surface area contributed by atoms with Gasteiger partial charge >= 0.3 is 0 Å². The molecule has 0 fully saturated rings. The second-order valence-corrected chi connectivity index (χ2v) is 6.55. The van der Waals surface area contributed by atoms with Gasteiger partial charge in [-0.3, -0.25) is 0 Å². The quantitative estimate of drug-likeness (QED) is 0.757. The van der Waals surface area contributed by atoms with Crippen molar-refractivity contribution in [2.45, 2.75) is 38.9 Å². The Morgan fingerprint density at radius 1 is 1.35 bits per heavy atom. The average Bonchev–Trinajstić information content (AvgIpc) is 2.74. The minimum Gasteiger partial charge on any atom is -0.338 e. The van der Waals surface area contributed by atoms with Gasteiger partial charge in [-0.25, -0.2) is 8.42 Å². The molecule has 1 rings (SSSR count). The normalized spacial score (nSPS) is 14.6. The molecule has 0 saturated heterocycles. The van der Waals surface area contributed by atoms with Crippen LogP contribution in [0.4, 0.5) is 0 Å². The van der Waals surface area contributed by atoms with Crippen molar-refractivity contribution < 1.29 is 12.9 Å². The van der Waals surface area contributed by atoms with Crippen LogP contribution in [-0.2, 0) is 9.84 Å². The average molecular weight is 258 g/mol. The summed E-state index contributed by atoms with van der Waals surface area (Å²) < 4.78 is 28.8. The number of allylic oxidation sites excluding steroid dienone is 1. The van der Waals surface area contributed by atoms with E-state index < -0.39 is 15.1 Å². The van der Waals surface area contributed by atoms with E-state index in [9.17, 15) is 8.42 Å². The highest BCUT2D eigenvalue weighted by atomic mass is 32.2. The maximum absolute atomic E-state index is 11.9. The number of nitrogens with zero attached hydrogens (tertiary/aromatic N) is 2. The van der Waals surface area contributed by atoms with Crippen molar-refractivity contribution in [3.05, 3.63) is 23.9 Å². The van der Waals surface area contributed by atoms with Crippen LogP contribution in [0.15, 0.2) is 16.7 Å². The lowest BCUT2D eigenvalue weighted by Gasteiger charge is -2.05. The molecule has 0 amide bonds. The van der Waals surface area contributed by atoms with Crippen LogP contribution >= 0.6 is 0 Å². The number of hydrogen-bond acceptors (Lipinski definition) is 5. The first kappa shape index (κ1) is 13.9. The van der Waals surface area contributed by atoms with E-state index in [2.05, 4.69) is 10.1 Å². The van der Waals surface area contributed by atoms with Crippen LogP contribution in [0.25, 0.3) is 0 Å². The van der Waals surface area contributed by atoms with Gasteiger partial charge in [-0.15, -0.1) is 0 Å². The molecule has 0 aliphatic heterocycles. The molecule has 0 spiro atoms. The van der Waals surface area contributed by atoms with Crippen molar-refractivity contribution in [3.8, 4) is 0 Å². The molecule has 0 aliphatic rings. The Morgan fingerprint density at radius 3 is 2.47 bits per heavy atom. The lowest BCUT2D eigenvalue weighted by atomic mass is 10.2. The van der Waals surface area contributed by atoms with Gasteiger partial charge in [-0.1, -0.05) is 31.2 Å². The summed E-state index contributed by atoms with van der Waals surface area (Å²) in [7, 11) is -3.27. The van der Waals surface area contributed by atoms with E-state index in [0.717, 1.165) is 0 Å². The molecule has 6 heteroatoms. The third-order valence-electron chi connectivity index (χ3n) is 2.42. The topological polar surface area (TPSA) is 73.1 Å². The van der Waals surface area contributed by atoms with Crippen molar-refractivity contribution in [2.24, 2.45) is 0 Å². The Labute approximate surface area is 102 Å². The van der Waals surface area contributed by atoms with E-state index in [1.54, 1.807) is 26.0 Å². The van der Waals surface area contributed by atoms with Gasteiger partial charge in [-0.2, -0.15) is 4.98 Å². The molecular formula is C11H18N2O3S. The van der Waals surface area contributed by atoms with Gasteiger partial charge in [0.05, 0.1) is 5.75 Å². The van der Waals surface area contributed by atoms with Crippen molar-refractivity contribution in [3.63, 3.8) is 0 Å². The van der Waals surface area contributed by atoms with E-state index in [1.807, 2.05) is 13.8 Å². The summed E-state index contributed by atoms with van der Waals surface area (Å²) in [5.41, 5.74) is 0. The van der Waals surface area contributed by atoms with Gasteiger partial charge < -0.3 is 4.52 Å². The van der Waals surface area contributed by atoms with Crippen LogP contribution in [0.2, 0.25) is 0 Å². The fourth-order valence-electron chi connectivity index (χ4n) is 1.18. The van der Waals surface area contributed by atoms with Crippen molar-refractivity contribution in [2.75, 3.05) is 5.75 Å². The summed E-state index contributed by atoms with van der Waals surface area (Å²) >= 11 is 0. The molecule has 0 bridgehead atoms. The number of hydrogen-bond donors (Lipinski definition) is 0. The van der Waals surface area contributed by atoms with E-state index >= 15 is 0 Å². The predicted octanol–water partition coefficient (Wildman–Crippen LogP) is 2.24. The monoisotopic (exact) mass is 258 g/mol. The summed E-state index contributed by atoms with van der Waals surface area (Å²) in [5, 5.41) is 3.00. The highest BCUT2D eigenvalue weighted by molar-refractivity contribution is 7.91. The van der Waals surface area contributed by atoms with Gasteiger partial charge in [-0.05, 0) is 13.8 Å². The van der Waals surface area contributed by atoms with E-state index in [-0.39, 0.29) is 17.6 Å². The molecule has 1 aromatic rings. The Bertz CT molecular complexity index is 489. The second-order valence-electron chi connectivity index (χ2n) is 4.19. The van der Waals surface area contributed by atoms with Crippen molar-refractivity contribution in [1.82, 2.24) is 10.1 Å². The van der Waals surface area contributed by atoms with Crippen LogP contribution in [0.1, 0.15) is 50.6 Å². The fraction of sp³-hybridized carbons (Fsp3) is 0.636. The van der Waals surface area contributed by atoms with Gasteiger partial charge in [0.15, 0.2) is 15.7 Å². The third kappa shape index (κ3) is 3.39. The van der Waals surface area contributed by atoms with Crippen molar-refractivity contribution in [1.29, 1.82) is 0 Å². The summed E-state index contributed by atoms with van der Waals surface area (Å²) in [6, 6.07) is 0. The predicted molar refractivity (Wildman–Crippen MR) is 65.4 cm³/mol. The van der Waals surface area contributed by atoms with Gasteiger partial charge in [0.1, 0.15) is 5.25 Å². The van der Waals surface area contributed by atoms with E-state index in [4.69, 9.17) is 4.52 Å². The summed E-state index contributed by atoms with van der Waals surface area (Å²) in [6.07, 6.45) is 3.31. The van der Waals surface area contributed by atoms with Gasteiger partial charge in [0.25, 0.3) is 0 Å². The molecule has 0 aromatic carbocycles. The Morgan fingerprint density at radius 2 is 2.00 bits per heavy atom. The maximum Gasteiger partial charge on any atom is 0.244 e. The molecule has 1 heterocycles. The molecular weight excluding hydrogens is 240 g/mol. The number of aromatic nitrogens is 2. The van der Waals surface area contributed by atoms with Gasteiger partial charge in [0.2, 0.25) is 5.89 Å². The first-order valence-corrected chi connectivity index (χ1v) is 7.26. The molecule has 1 atom stereocenters. The zero-order valence-corrected chi connectivity index (χ0v) is 11.4. The Hall–Kier alpha value is -1.17. The van der Waals surface area contributed by atoms with Crippen LogP contribution in [0, 0.1) is 0 Å². The molecule has 96 valence electrons. The van der Waals surface area contributed by atoms with Crippen LogP contribution in [0.3, 0.4) is 0 Å². The standard InChI is InChI=1S/C11H18N2O3S/c1-5-6-7-17(14,15)9(4)11-12-10(8(2)3)13-16-11/h5-6,8-9H,7H2,1-4H3. The Balaban J connectivity index is 2.91. The lowest BCUT2D eigenvalue weighted by Crippen LogP contribution is -2.13. The largest absolute Gasteiger partial charge is 0.338 e. The Kier molecular flexibility index (Phi) is 4.45. The van der Waals surface area contributed by atoms with Gasteiger partial charge in [0, 0.05) is 5.92 Å². The van der Waals surface area contributed by atoms with Crippen LogP contribution < -0.4 is 0 Å². The fourth-order valence-corrected chi connectivity index (χ4v) is 2.33. The summed E-state index contributed by atoms with van der Waals surface area (Å²) in [4.78, 5) is 4.10. The molecule has 0 saturated carbocycles. The minimum atomic E-state index is -3.27. The smallest absolute Gasteiger partial charge is 0.244 e. The molecule has 0 aliphatic carbocycles.